The molecule has 162 valence electrons. The van der Waals surface area contributed by atoms with E-state index in [1.165, 1.54) is 20.8 Å². The van der Waals surface area contributed by atoms with Crippen LogP contribution in [-0.2, 0) is 22.9 Å². The van der Waals surface area contributed by atoms with Gasteiger partial charge in [0.15, 0.2) is 0 Å². The van der Waals surface area contributed by atoms with Crippen LogP contribution in [0, 0.1) is 6.92 Å². The molecule has 0 spiro atoms. The van der Waals surface area contributed by atoms with Crippen molar-refractivity contribution < 1.29 is 39.2 Å². The van der Waals surface area contributed by atoms with E-state index >= 15 is 0 Å². The zero-order valence-corrected chi connectivity index (χ0v) is 16.0. The van der Waals surface area contributed by atoms with E-state index in [2.05, 4.69) is 0 Å². The highest BCUT2D eigenvalue weighted by Gasteiger charge is 2.72. The average molecular weight is 439 g/mol. The maximum Gasteiger partial charge on any atom is 0.459 e. The minimum atomic E-state index is -6.57. The normalized spacial score (nSPS) is 13.8. The molecule has 0 saturated carbocycles. The highest BCUT2D eigenvalue weighted by Crippen LogP contribution is 2.46. The van der Waals surface area contributed by atoms with Crippen LogP contribution < -0.4 is 16.2 Å². The van der Waals surface area contributed by atoms with Gasteiger partial charge in [-0.05, 0) is 36.5 Å². The van der Waals surface area contributed by atoms with E-state index in [4.69, 9.17) is 11.5 Å². The van der Waals surface area contributed by atoms with Gasteiger partial charge in [-0.2, -0.15) is 30.7 Å². The first-order valence-corrected chi connectivity index (χ1v) is 9.45. The van der Waals surface area contributed by atoms with Gasteiger partial charge in [0, 0.05) is 11.4 Å². The van der Waals surface area contributed by atoms with Crippen LogP contribution in [0.2, 0.25) is 0 Å². The molecule has 28 heavy (non-hydrogen) atoms. The molecule has 1 aromatic rings. The zero-order valence-electron chi connectivity index (χ0n) is 15.1. The third-order valence-corrected chi connectivity index (χ3v) is 5.84. The van der Waals surface area contributed by atoms with Crippen molar-refractivity contribution in [1.29, 1.82) is 0 Å². The molecule has 5 N–H and O–H groups in total. The van der Waals surface area contributed by atoms with Gasteiger partial charge in [0.25, 0.3) is 0 Å². The van der Waals surface area contributed by atoms with E-state index in [0.717, 1.165) is 4.72 Å². The second-order valence-electron chi connectivity index (χ2n) is 6.05. The number of anilines is 2. The summed E-state index contributed by atoms with van der Waals surface area (Å²) in [6.45, 7) is 2.05. The quantitative estimate of drug-likeness (QED) is 0.448. The Balaban J connectivity index is 3.47. The number of hydrogen-bond donors (Lipinski definition) is 3. The summed E-state index contributed by atoms with van der Waals surface area (Å²) in [4.78, 5) is -0.593. The largest absolute Gasteiger partial charge is 0.459 e. The van der Waals surface area contributed by atoms with Crippen LogP contribution in [0.4, 0.5) is 42.1 Å². The molecule has 0 bridgehead atoms. The number of nitrogens with two attached hydrogens (primary N) is 2. The Kier molecular flexibility index (Phi) is 6.57. The summed E-state index contributed by atoms with van der Waals surface area (Å²) in [5.74, 6) is -12.2. The van der Waals surface area contributed by atoms with Crippen molar-refractivity contribution in [3.8, 4) is 0 Å². The summed E-state index contributed by atoms with van der Waals surface area (Å²) < 4.78 is 116. The van der Waals surface area contributed by atoms with Crippen LogP contribution in [0.5, 0.6) is 0 Å². The molecule has 13 heteroatoms. The molecule has 1 rings (SSSR count). The van der Waals surface area contributed by atoms with Crippen molar-refractivity contribution in [1.82, 2.24) is 4.72 Å². The number of alkyl halides is 7. The Hall–Kier alpha value is -1.76. The summed E-state index contributed by atoms with van der Waals surface area (Å²) >= 11 is 0. The molecule has 0 aliphatic rings. The Morgan fingerprint density at radius 1 is 0.893 bits per heavy atom. The molecule has 0 radical (unpaired) electrons. The van der Waals surface area contributed by atoms with Crippen LogP contribution >= 0.6 is 0 Å². The minimum absolute atomic E-state index is 0.00180. The van der Waals surface area contributed by atoms with Crippen LogP contribution in [0.1, 0.15) is 30.5 Å². The molecule has 1 aromatic carbocycles. The van der Waals surface area contributed by atoms with Crippen molar-refractivity contribution >= 4 is 21.4 Å². The number of halogens is 7. The van der Waals surface area contributed by atoms with E-state index in [9.17, 15) is 39.2 Å². The van der Waals surface area contributed by atoms with Crippen LogP contribution in [0.3, 0.4) is 0 Å². The fourth-order valence-electron chi connectivity index (χ4n) is 2.63. The molecule has 0 aliphatic heterocycles. The smallest absolute Gasteiger partial charge is 0.398 e. The van der Waals surface area contributed by atoms with E-state index in [-0.39, 0.29) is 35.3 Å². The fraction of sp³-hybridized carbons (Fsp3) is 0.600. The molecule has 0 aliphatic carbocycles. The Labute approximate surface area is 157 Å². The van der Waals surface area contributed by atoms with Crippen molar-refractivity contribution in [2.45, 2.75) is 56.5 Å². The Bertz CT molecular complexity index is 821. The van der Waals surface area contributed by atoms with Crippen molar-refractivity contribution in [2.24, 2.45) is 0 Å². The van der Waals surface area contributed by atoms with Gasteiger partial charge in [0.2, 0.25) is 10.0 Å². The average Bonchev–Trinajstić information content (AvgIpc) is 2.56. The topological polar surface area (TPSA) is 98.2 Å². The van der Waals surface area contributed by atoms with E-state index < -0.39 is 39.5 Å². The predicted molar refractivity (Wildman–Crippen MR) is 89.9 cm³/mol. The molecule has 0 heterocycles. The summed E-state index contributed by atoms with van der Waals surface area (Å²) in [7, 11) is -4.94. The summed E-state index contributed by atoms with van der Waals surface area (Å²) in [5.41, 5.74) is 11.9. The molecule has 5 nitrogen and oxygen atoms in total. The van der Waals surface area contributed by atoms with Gasteiger partial charge >= 0.3 is 18.0 Å². The van der Waals surface area contributed by atoms with E-state index in [0.29, 0.717) is 5.56 Å². The second kappa shape index (κ2) is 7.58. The highest BCUT2D eigenvalue weighted by molar-refractivity contribution is 7.89. The van der Waals surface area contributed by atoms with E-state index in [1.807, 2.05) is 0 Å². The predicted octanol–water partition coefficient (Wildman–Crippen LogP) is 3.40. The van der Waals surface area contributed by atoms with Crippen LogP contribution in [-0.4, -0.2) is 33.0 Å². The van der Waals surface area contributed by atoms with Crippen LogP contribution in [0.15, 0.2) is 4.90 Å². The van der Waals surface area contributed by atoms with Crippen molar-refractivity contribution in [2.75, 3.05) is 18.0 Å². The highest BCUT2D eigenvalue weighted by atomic mass is 32.2. The summed E-state index contributed by atoms with van der Waals surface area (Å²) in [6, 6.07) is 0. The van der Waals surface area contributed by atoms with Gasteiger partial charge < -0.3 is 11.5 Å². The number of benzene rings is 1. The lowest BCUT2D eigenvalue weighted by atomic mass is 9.98. The van der Waals surface area contributed by atoms with Gasteiger partial charge in [0.05, 0.1) is 11.4 Å². The molecule has 0 aromatic heterocycles. The molecule has 0 fully saturated rings. The molecule has 0 saturated heterocycles. The van der Waals surface area contributed by atoms with E-state index in [1.54, 1.807) is 0 Å². The maximum absolute atomic E-state index is 13.5. The zero-order chi connectivity index (χ0) is 22.3. The third kappa shape index (κ3) is 4.00. The number of nitrogens with one attached hydrogen (secondary N) is 1. The van der Waals surface area contributed by atoms with Crippen molar-refractivity contribution in [3.63, 3.8) is 0 Å². The van der Waals surface area contributed by atoms with Gasteiger partial charge in [-0.1, -0.05) is 13.8 Å². The molecule has 0 atom stereocenters. The molecular weight excluding hydrogens is 419 g/mol. The first-order valence-electron chi connectivity index (χ1n) is 7.97. The number of nitrogen functional groups attached to an aromatic ring is 2. The van der Waals surface area contributed by atoms with Crippen molar-refractivity contribution in [3.05, 3.63) is 16.7 Å². The number of rotatable bonds is 7. The molecule has 0 amide bonds. The SMILES string of the molecule is CCc1c(N)c(C)c(N)c(CC)c1S(=O)(=O)NCC(F)(F)C(F)(F)C(F)(F)F. The van der Waals surface area contributed by atoms with Gasteiger partial charge in [-0.25, -0.2) is 13.1 Å². The summed E-state index contributed by atoms with van der Waals surface area (Å²) in [6.07, 6.45) is -6.53. The van der Waals surface area contributed by atoms with Gasteiger partial charge in [-0.15, -0.1) is 0 Å². The lowest BCUT2D eigenvalue weighted by Crippen LogP contribution is -2.56. The second-order valence-corrected chi connectivity index (χ2v) is 7.75. The Morgan fingerprint density at radius 2 is 1.29 bits per heavy atom. The Morgan fingerprint density at radius 3 is 1.61 bits per heavy atom. The van der Waals surface area contributed by atoms with Crippen LogP contribution in [0.25, 0.3) is 0 Å². The molecule has 0 unspecified atom stereocenters. The lowest BCUT2D eigenvalue weighted by molar-refractivity contribution is -0.352. The van der Waals surface area contributed by atoms with Gasteiger partial charge in [0.1, 0.15) is 0 Å². The third-order valence-electron chi connectivity index (χ3n) is 4.28. The fourth-order valence-corrected chi connectivity index (χ4v) is 4.30. The lowest BCUT2D eigenvalue weighted by Gasteiger charge is -2.28. The monoisotopic (exact) mass is 439 g/mol. The standard InChI is InChI=1S/C15H20F7N3O2S/c1-4-8-10(23)7(3)11(24)9(5-2)12(8)28(26,27)25-6-13(16,17)14(18,19)15(20,21)22/h25H,4-6,23-24H2,1-3H3. The van der Waals surface area contributed by atoms with Gasteiger partial charge in [-0.3, -0.25) is 0 Å². The maximum atomic E-state index is 13.5. The number of hydrogen-bond acceptors (Lipinski definition) is 4. The first-order chi connectivity index (χ1) is 12.5. The first kappa shape index (κ1) is 24.3. The number of sulfonamides is 1. The minimum Gasteiger partial charge on any atom is -0.398 e. The summed E-state index contributed by atoms with van der Waals surface area (Å²) in [5, 5.41) is 0. The molecular formula is C15H20F7N3O2S.